The molecule has 0 saturated heterocycles. The number of benzene rings is 10. The van der Waals surface area contributed by atoms with E-state index in [9.17, 15) is 0 Å². The van der Waals surface area contributed by atoms with Gasteiger partial charge in [-0.15, -0.1) is 11.3 Å². The normalized spacial score (nSPS) is 11.9. The summed E-state index contributed by atoms with van der Waals surface area (Å²) in [4.78, 5) is 0. The summed E-state index contributed by atoms with van der Waals surface area (Å²) in [5.74, 6) is 0. The first-order valence-corrected chi connectivity index (χ1v) is 18.4. The Bertz CT molecular complexity index is 3130. The van der Waals surface area contributed by atoms with Crippen LogP contribution in [0.4, 0.5) is 0 Å². The Morgan fingerprint density at radius 2 is 0.784 bits per heavy atom. The van der Waals surface area contributed by atoms with Gasteiger partial charge in [-0.05, 0) is 94.0 Å². The molecule has 0 aliphatic carbocycles. The lowest BCUT2D eigenvalue weighted by Gasteiger charge is -2.18. The molecule has 0 bridgehead atoms. The maximum Gasteiger partial charge on any atom is 0.0440 e. The van der Waals surface area contributed by atoms with E-state index >= 15 is 0 Å². The standard InChI is InChI=1S/C50H30S/c1-2-17-35-31(13-1)14-12-26-36(35)32-15-11-16-33(29-32)47-40-21-6-8-23-42(40)48(43-24-9-7-22-41(43)47)34-27-28-45-46(30-34)51-50-44-25-10-4-19-38(44)37-18-3-5-20-39(37)49(45)50/h1-30H. The fourth-order valence-corrected chi connectivity index (χ4v) is 9.93. The molecule has 0 spiro atoms. The van der Waals surface area contributed by atoms with Crippen molar-refractivity contribution in [2.45, 2.75) is 0 Å². The molecule has 1 aromatic heterocycles. The highest BCUT2D eigenvalue weighted by molar-refractivity contribution is 7.27. The second kappa shape index (κ2) is 11.1. The summed E-state index contributed by atoms with van der Waals surface area (Å²) < 4.78 is 2.69. The minimum Gasteiger partial charge on any atom is -0.134 e. The van der Waals surface area contributed by atoms with E-state index < -0.39 is 0 Å². The van der Waals surface area contributed by atoms with Crippen LogP contribution in [0.3, 0.4) is 0 Å². The van der Waals surface area contributed by atoms with E-state index in [1.807, 2.05) is 11.3 Å². The predicted octanol–water partition coefficient (Wildman–Crippen LogP) is 14.8. The van der Waals surface area contributed by atoms with Crippen molar-refractivity contribution in [3.63, 3.8) is 0 Å². The maximum atomic E-state index is 2.44. The molecule has 0 aliphatic heterocycles. The number of rotatable bonds is 3. The zero-order valence-electron chi connectivity index (χ0n) is 27.7. The molecule has 0 atom stereocenters. The van der Waals surface area contributed by atoms with Gasteiger partial charge in [-0.3, -0.25) is 0 Å². The van der Waals surface area contributed by atoms with Crippen molar-refractivity contribution in [1.82, 2.24) is 0 Å². The van der Waals surface area contributed by atoms with Gasteiger partial charge in [-0.25, -0.2) is 0 Å². The number of hydrogen-bond acceptors (Lipinski definition) is 1. The third kappa shape index (κ3) is 4.26. The summed E-state index contributed by atoms with van der Waals surface area (Å²) in [6.45, 7) is 0. The molecular weight excluding hydrogens is 633 g/mol. The minimum absolute atomic E-state index is 1.23. The maximum absolute atomic E-state index is 2.44. The van der Waals surface area contributed by atoms with Gasteiger partial charge in [0.25, 0.3) is 0 Å². The van der Waals surface area contributed by atoms with E-state index in [2.05, 4.69) is 182 Å². The summed E-state index contributed by atoms with van der Waals surface area (Å²) in [5, 5.41) is 15.6. The molecule has 236 valence electrons. The van der Waals surface area contributed by atoms with Crippen LogP contribution in [0.15, 0.2) is 182 Å². The van der Waals surface area contributed by atoms with Crippen LogP contribution in [0.2, 0.25) is 0 Å². The molecule has 0 nitrogen and oxygen atoms in total. The minimum atomic E-state index is 1.23. The average Bonchev–Trinajstić information content (AvgIpc) is 3.59. The second-order valence-corrected chi connectivity index (χ2v) is 14.6. The molecule has 0 unspecified atom stereocenters. The predicted molar refractivity (Wildman–Crippen MR) is 223 cm³/mol. The monoisotopic (exact) mass is 662 g/mol. The Balaban J connectivity index is 1.17. The van der Waals surface area contributed by atoms with E-state index in [4.69, 9.17) is 0 Å². The van der Waals surface area contributed by atoms with Crippen LogP contribution in [0.1, 0.15) is 0 Å². The second-order valence-electron chi connectivity index (χ2n) is 13.6. The van der Waals surface area contributed by atoms with Gasteiger partial charge < -0.3 is 0 Å². The van der Waals surface area contributed by atoms with Crippen LogP contribution >= 0.6 is 11.3 Å². The third-order valence-corrected chi connectivity index (χ3v) is 12.0. The van der Waals surface area contributed by atoms with Gasteiger partial charge >= 0.3 is 0 Å². The van der Waals surface area contributed by atoms with E-state index in [0.29, 0.717) is 0 Å². The SMILES string of the molecule is c1cc(-c2cccc3ccccc23)cc(-c2c3ccccc3c(-c3ccc4c(c3)sc3c5ccccc5c5ccccc5c43)c3ccccc23)c1. The van der Waals surface area contributed by atoms with Crippen molar-refractivity contribution in [3.05, 3.63) is 182 Å². The molecule has 1 heteroatoms. The lowest BCUT2D eigenvalue weighted by Crippen LogP contribution is -1.91. The van der Waals surface area contributed by atoms with Crippen LogP contribution in [0.5, 0.6) is 0 Å². The van der Waals surface area contributed by atoms with Crippen LogP contribution in [-0.4, -0.2) is 0 Å². The Morgan fingerprint density at radius 3 is 1.47 bits per heavy atom. The zero-order chi connectivity index (χ0) is 33.5. The van der Waals surface area contributed by atoms with Gasteiger partial charge in [0, 0.05) is 25.6 Å². The topological polar surface area (TPSA) is 0 Å². The summed E-state index contributed by atoms with van der Waals surface area (Å²) in [5.41, 5.74) is 7.57. The Labute approximate surface area is 299 Å². The fourth-order valence-electron chi connectivity index (χ4n) is 8.63. The van der Waals surface area contributed by atoms with Gasteiger partial charge in [-0.2, -0.15) is 0 Å². The van der Waals surface area contributed by atoms with Crippen molar-refractivity contribution in [2.24, 2.45) is 0 Å². The van der Waals surface area contributed by atoms with Crippen molar-refractivity contribution in [3.8, 4) is 33.4 Å². The molecule has 0 saturated carbocycles. The Kier molecular flexibility index (Phi) is 6.22. The highest BCUT2D eigenvalue weighted by Crippen LogP contribution is 2.48. The van der Waals surface area contributed by atoms with Crippen LogP contribution in [-0.2, 0) is 0 Å². The zero-order valence-corrected chi connectivity index (χ0v) is 28.5. The largest absolute Gasteiger partial charge is 0.134 e. The van der Waals surface area contributed by atoms with Crippen molar-refractivity contribution in [1.29, 1.82) is 0 Å². The average molecular weight is 663 g/mol. The molecule has 0 amide bonds. The highest BCUT2D eigenvalue weighted by atomic mass is 32.1. The first-order valence-electron chi connectivity index (χ1n) is 17.6. The molecule has 0 aliphatic rings. The number of fused-ring (bicyclic) bond motifs is 11. The smallest absolute Gasteiger partial charge is 0.0440 e. The van der Waals surface area contributed by atoms with E-state index in [1.165, 1.54) is 107 Å². The first-order chi connectivity index (χ1) is 25.3. The van der Waals surface area contributed by atoms with Gasteiger partial charge in [0.2, 0.25) is 0 Å². The first kappa shape index (κ1) is 28.5. The molecule has 0 N–H and O–H groups in total. The molecule has 0 fully saturated rings. The number of hydrogen-bond donors (Lipinski definition) is 0. The van der Waals surface area contributed by atoms with Crippen molar-refractivity contribution in [2.75, 3.05) is 0 Å². The van der Waals surface area contributed by atoms with E-state index in [0.717, 1.165) is 0 Å². The molecule has 1 heterocycles. The lowest BCUT2D eigenvalue weighted by molar-refractivity contribution is 1.63. The molecule has 51 heavy (non-hydrogen) atoms. The fraction of sp³-hybridized carbons (Fsp3) is 0. The van der Waals surface area contributed by atoms with Gasteiger partial charge in [0.05, 0.1) is 0 Å². The van der Waals surface area contributed by atoms with E-state index in [-0.39, 0.29) is 0 Å². The Hall–Kier alpha value is -6.28. The molecule has 11 aromatic rings. The third-order valence-electron chi connectivity index (χ3n) is 10.8. The molecular formula is C50H30S. The Morgan fingerprint density at radius 1 is 0.294 bits per heavy atom. The quantitative estimate of drug-likeness (QED) is 0.130. The van der Waals surface area contributed by atoms with Crippen LogP contribution < -0.4 is 0 Å². The molecule has 10 aromatic carbocycles. The number of thiophene rings is 1. The summed E-state index contributed by atoms with van der Waals surface area (Å²) in [6.07, 6.45) is 0. The lowest BCUT2D eigenvalue weighted by atomic mass is 9.85. The summed E-state index contributed by atoms with van der Waals surface area (Å²) in [6, 6.07) is 67.3. The van der Waals surface area contributed by atoms with Gasteiger partial charge in [0.1, 0.15) is 0 Å². The van der Waals surface area contributed by atoms with Crippen molar-refractivity contribution < 1.29 is 0 Å². The highest BCUT2D eigenvalue weighted by Gasteiger charge is 2.19. The van der Waals surface area contributed by atoms with Crippen LogP contribution in [0, 0.1) is 0 Å². The summed E-state index contributed by atoms with van der Waals surface area (Å²) in [7, 11) is 0. The van der Waals surface area contributed by atoms with Crippen molar-refractivity contribution >= 4 is 85.4 Å². The van der Waals surface area contributed by atoms with E-state index in [1.54, 1.807) is 0 Å². The van der Waals surface area contributed by atoms with Gasteiger partial charge in [0.15, 0.2) is 0 Å². The van der Waals surface area contributed by atoms with Crippen LogP contribution in [0.25, 0.3) is 107 Å². The summed E-state index contributed by atoms with van der Waals surface area (Å²) >= 11 is 1.93. The molecule has 0 radical (unpaired) electrons. The van der Waals surface area contributed by atoms with Gasteiger partial charge in [-0.1, -0.05) is 170 Å². The molecule has 11 rings (SSSR count).